The van der Waals surface area contributed by atoms with Crippen molar-refractivity contribution >= 4 is 11.8 Å². The summed E-state index contributed by atoms with van der Waals surface area (Å²) >= 11 is 0. The van der Waals surface area contributed by atoms with Gasteiger partial charge in [0.1, 0.15) is 6.04 Å². The molecule has 0 saturated heterocycles. The summed E-state index contributed by atoms with van der Waals surface area (Å²) in [4.78, 5) is 29.1. The van der Waals surface area contributed by atoms with E-state index in [1.807, 2.05) is 55.5 Å². The Labute approximate surface area is 215 Å². The molecule has 4 rings (SSSR count). The van der Waals surface area contributed by atoms with E-state index >= 15 is 0 Å². The number of hydrogen-bond acceptors (Lipinski definition) is 2. The zero-order chi connectivity index (χ0) is 25.3. The van der Waals surface area contributed by atoms with Gasteiger partial charge in [0.2, 0.25) is 11.8 Å². The molecule has 188 valence electrons. The number of benzene rings is 3. The number of nitrogens with zero attached hydrogens (tertiary/aromatic N) is 1. The van der Waals surface area contributed by atoms with Gasteiger partial charge < -0.3 is 10.2 Å². The van der Waals surface area contributed by atoms with Crippen LogP contribution >= 0.6 is 0 Å². The smallest absolute Gasteiger partial charge is 0.242 e. The molecule has 1 N–H and O–H groups in total. The predicted octanol–water partition coefficient (Wildman–Crippen LogP) is 6.38. The van der Waals surface area contributed by atoms with E-state index in [9.17, 15) is 9.59 Å². The molecule has 0 aliphatic heterocycles. The Hall–Kier alpha value is -3.40. The average Bonchev–Trinajstić information content (AvgIpc) is 2.91. The highest BCUT2D eigenvalue weighted by atomic mass is 16.2. The van der Waals surface area contributed by atoms with E-state index in [0.29, 0.717) is 13.0 Å². The maximum atomic E-state index is 14.0. The standard InChI is InChI=1S/C32H38N2O2/c1-24-13-12-14-26(21-24)23-34(25(2)32(36)33-29-19-10-5-11-20-29)31(35)22-30(27-15-6-3-7-16-27)28-17-8-4-9-18-28/h3-4,6-9,12-18,21,25,29-30H,5,10-11,19-20,22-23H2,1-2H3,(H,33,36)/t25-/m0/s1. The summed E-state index contributed by atoms with van der Waals surface area (Å²) in [7, 11) is 0. The molecule has 1 aliphatic rings. The minimum absolute atomic E-state index is 0.0134. The number of carbonyl (C=O) groups is 2. The van der Waals surface area contributed by atoms with Crippen molar-refractivity contribution in [2.75, 3.05) is 0 Å². The molecule has 1 fully saturated rings. The lowest BCUT2D eigenvalue weighted by Crippen LogP contribution is -2.50. The van der Waals surface area contributed by atoms with Crippen LogP contribution in [-0.2, 0) is 16.1 Å². The minimum Gasteiger partial charge on any atom is -0.352 e. The SMILES string of the molecule is Cc1cccc(CN(C(=O)CC(c2ccccc2)c2ccccc2)[C@@H](C)C(=O)NC2CCCCC2)c1. The van der Waals surface area contributed by atoms with Crippen LogP contribution in [0.3, 0.4) is 0 Å². The molecule has 3 aromatic rings. The van der Waals surface area contributed by atoms with Crippen LogP contribution in [0.2, 0.25) is 0 Å². The molecule has 2 amide bonds. The van der Waals surface area contributed by atoms with Gasteiger partial charge in [0.05, 0.1) is 0 Å². The van der Waals surface area contributed by atoms with Crippen molar-refractivity contribution in [1.29, 1.82) is 0 Å². The topological polar surface area (TPSA) is 49.4 Å². The molecular weight excluding hydrogens is 444 g/mol. The quantitative estimate of drug-likeness (QED) is 0.385. The molecule has 3 aromatic carbocycles. The van der Waals surface area contributed by atoms with Gasteiger partial charge in [0, 0.05) is 24.9 Å². The van der Waals surface area contributed by atoms with Crippen LogP contribution in [0, 0.1) is 6.92 Å². The first-order chi connectivity index (χ1) is 17.5. The molecule has 0 aromatic heterocycles. The lowest BCUT2D eigenvalue weighted by Gasteiger charge is -2.32. The molecule has 1 atom stereocenters. The molecule has 0 unspecified atom stereocenters. The van der Waals surface area contributed by atoms with E-state index in [4.69, 9.17) is 0 Å². The second kappa shape index (κ2) is 12.5. The van der Waals surface area contributed by atoms with Crippen LogP contribution in [0.1, 0.15) is 73.6 Å². The van der Waals surface area contributed by atoms with Gasteiger partial charge in [-0.2, -0.15) is 0 Å². The summed E-state index contributed by atoms with van der Waals surface area (Å²) in [6, 6.07) is 28.2. The lowest BCUT2D eigenvalue weighted by atomic mass is 9.88. The van der Waals surface area contributed by atoms with Gasteiger partial charge in [-0.15, -0.1) is 0 Å². The Morgan fingerprint density at radius 2 is 1.47 bits per heavy atom. The van der Waals surface area contributed by atoms with Crippen LogP contribution in [0.5, 0.6) is 0 Å². The van der Waals surface area contributed by atoms with E-state index in [1.165, 1.54) is 6.42 Å². The average molecular weight is 483 g/mol. The van der Waals surface area contributed by atoms with Crippen LogP contribution in [0.4, 0.5) is 0 Å². The summed E-state index contributed by atoms with van der Waals surface area (Å²) in [5, 5.41) is 3.24. The molecule has 0 radical (unpaired) electrons. The number of carbonyl (C=O) groups excluding carboxylic acids is 2. The van der Waals surface area contributed by atoms with Gasteiger partial charge in [-0.25, -0.2) is 0 Å². The minimum atomic E-state index is -0.549. The monoisotopic (exact) mass is 482 g/mol. The second-order valence-electron chi connectivity index (χ2n) is 10.1. The number of nitrogens with one attached hydrogen (secondary N) is 1. The highest BCUT2D eigenvalue weighted by Gasteiger charge is 2.30. The lowest BCUT2D eigenvalue weighted by molar-refractivity contribution is -0.141. The Morgan fingerprint density at radius 1 is 0.861 bits per heavy atom. The fourth-order valence-corrected chi connectivity index (χ4v) is 5.25. The predicted molar refractivity (Wildman–Crippen MR) is 146 cm³/mol. The van der Waals surface area contributed by atoms with Gasteiger partial charge in [-0.05, 0) is 43.4 Å². The third kappa shape index (κ3) is 6.84. The van der Waals surface area contributed by atoms with Gasteiger partial charge in [0.15, 0.2) is 0 Å². The fraction of sp³-hybridized carbons (Fsp3) is 0.375. The van der Waals surface area contributed by atoms with E-state index in [1.54, 1.807) is 4.90 Å². The molecule has 0 bridgehead atoms. The number of amides is 2. The van der Waals surface area contributed by atoms with Crippen molar-refractivity contribution in [1.82, 2.24) is 10.2 Å². The van der Waals surface area contributed by atoms with Gasteiger partial charge in [0.25, 0.3) is 0 Å². The molecule has 4 nitrogen and oxygen atoms in total. The first-order valence-corrected chi connectivity index (χ1v) is 13.3. The summed E-state index contributed by atoms with van der Waals surface area (Å²) in [5.74, 6) is -0.145. The largest absolute Gasteiger partial charge is 0.352 e. The molecule has 4 heteroatoms. The molecule has 0 spiro atoms. The third-order valence-corrected chi connectivity index (χ3v) is 7.34. The first-order valence-electron chi connectivity index (χ1n) is 13.3. The Kier molecular flexibility index (Phi) is 8.94. The maximum Gasteiger partial charge on any atom is 0.242 e. The Bertz CT molecular complexity index is 1080. The highest BCUT2D eigenvalue weighted by molar-refractivity contribution is 5.88. The van der Waals surface area contributed by atoms with Crippen molar-refractivity contribution < 1.29 is 9.59 Å². The van der Waals surface area contributed by atoms with E-state index in [0.717, 1.165) is 47.9 Å². The zero-order valence-electron chi connectivity index (χ0n) is 21.5. The third-order valence-electron chi connectivity index (χ3n) is 7.34. The van der Waals surface area contributed by atoms with Gasteiger partial charge in [-0.3, -0.25) is 9.59 Å². The Balaban J connectivity index is 1.59. The van der Waals surface area contributed by atoms with E-state index < -0.39 is 6.04 Å². The molecule has 1 saturated carbocycles. The zero-order valence-corrected chi connectivity index (χ0v) is 21.5. The van der Waals surface area contributed by atoms with Gasteiger partial charge in [-0.1, -0.05) is 110 Å². The highest BCUT2D eigenvalue weighted by Crippen LogP contribution is 2.29. The fourth-order valence-electron chi connectivity index (χ4n) is 5.25. The van der Waals surface area contributed by atoms with Crippen LogP contribution in [0.15, 0.2) is 84.9 Å². The summed E-state index contributed by atoms with van der Waals surface area (Å²) in [5.41, 5.74) is 4.39. The maximum absolute atomic E-state index is 14.0. The van der Waals surface area contributed by atoms with Crippen molar-refractivity contribution in [2.24, 2.45) is 0 Å². The molecule has 1 aliphatic carbocycles. The van der Waals surface area contributed by atoms with Gasteiger partial charge >= 0.3 is 0 Å². The summed E-state index contributed by atoms with van der Waals surface area (Å²) < 4.78 is 0. The van der Waals surface area contributed by atoms with E-state index in [2.05, 4.69) is 48.6 Å². The van der Waals surface area contributed by atoms with Crippen LogP contribution < -0.4 is 5.32 Å². The number of hydrogen-bond donors (Lipinski definition) is 1. The molecule has 0 heterocycles. The number of rotatable bonds is 9. The summed E-state index contributed by atoms with van der Waals surface area (Å²) in [6.45, 7) is 4.33. The first kappa shape index (κ1) is 25.7. The number of aryl methyl sites for hydroxylation is 1. The second-order valence-corrected chi connectivity index (χ2v) is 10.1. The van der Waals surface area contributed by atoms with Crippen LogP contribution in [0.25, 0.3) is 0 Å². The normalized spacial score (nSPS) is 14.9. The molecule has 36 heavy (non-hydrogen) atoms. The van der Waals surface area contributed by atoms with Crippen LogP contribution in [-0.4, -0.2) is 28.8 Å². The molecular formula is C32H38N2O2. The van der Waals surface area contributed by atoms with Crippen molar-refractivity contribution in [3.8, 4) is 0 Å². The van der Waals surface area contributed by atoms with E-state index in [-0.39, 0.29) is 23.8 Å². The Morgan fingerprint density at radius 3 is 2.06 bits per heavy atom. The van der Waals surface area contributed by atoms with Crippen molar-refractivity contribution in [2.45, 2.75) is 76.9 Å². The van der Waals surface area contributed by atoms with Crippen molar-refractivity contribution in [3.05, 3.63) is 107 Å². The summed E-state index contributed by atoms with van der Waals surface area (Å²) in [6.07, 6.45) is 5.89. The van der Waals surface area contributed by atoms with Crippen molar-refractivity contribution in [3.63, 3.8) is 0 Å².